The SMILES string of the molecule is Cc1c(NC(=O)CCCCCN)cccc1C(=O)O. The second-order valence-electron chi connectivity index (χ2n) is 4.43. The monoisotopic (exact) mass is 264 g/mol. The number of aromatic carboxylic acids is 1. The van der Waals surface area contributed by atoms with Crippen LogP contribution in [0.5, 0.6) is 0 Å². The van der Waals surface area contributed by atoms with Crippen LogP contribution < -0.4 is 11.1 Å². The number of carbonyl (C=O) groups excluding carboxylic acids is 1. The molecular formula is C14H20N2O3. The van der Waals surface area contributed by atoms with E-state index in [0.717, 1.165) is 19.3 Å². The Balaban J connectivity index is 2.59. The number of unbranched alkanes of at least 4 members (excludes halogenated alkanes) is 2. The number of nitrogens with one attached hydrogen (secondary N) is 1. The van der Waals surface area contributed by atoms with Crippen molar-refractivity contribution in [1.29, 1.82) is 0 Å². The maximum atomic E-state index is 11.7. The van der Waals surface area contributed by atoms with Crippen molar-refractivity contribution in [1.82, 2.24) is 0 Å². The van der Waals surface area contributed by atoms with Crippen LogP contribution >= 0.6 is 0 Å². The highest BCUT2D eigenvalue weighted by molar-refractivity contribution is 5.95. The molecule has 4 N–H and O–H groups in total. The Morgan fingerprint density at radius 3 is 2.63 bits per heavy atom. The van der Waals surface area contributed by atoms with Crippen molar-refractivity contribution in [2.45, 2.75) is 32.6 Å². The minimum Gasteiger partial charge on any atom is -0.478 e. The van der Waals surface area contributed by atoms with Gasteiger partial charge in [-0.3, -0.25) is 4.79 Å². The van der Waals surface area contributed by atoms with Gasteiger partial charge in [0.05, 0.1) is 5.56 Å². The Morgan fingerprint density at radius 2 is 2.00 bits per heavy atom. The van der Waals surface area contributed by atoms with E-state index in [4.69, 9.17) is 10.8 Å². The van der Waals surface area contributed by atoms with Crippen LogP contribution in [-0.2, 0) is 4.79 Å². The Morgan fingerprint density at radius 1 is 1.26 bits per heavy atom. The molecule has 1 amide bonds. The smallest absolute Gasteiger partial charge is 0.336 e. The van der Waals surface area contributed by atoms with E-state index in [1.165, 1.54) is 6.07 Å². The molecule has 0 radical (unpaired) electrons. The highest BCUT2D eigenvalue weighted by atomic mass is 16.4. The predicted molar refractivity (Wildman–Crippen MR) is 74.3 cm³/mol. The Kier molecular flexibility index (Phi) is 6.02. The molecule has 0 atom stereocenters. The molecule has 1 aromatic carbocycles. The molecule has 0 saturated carbocycles. The molecule has 0 aromatic heterocycles. The number of hydrogen-bond acceptors (Lipinski definition) is 3. The van der Waals surface area contributed by atoms with Crippen molar-refractivity contribution in [3.05, 3.63) is 29.3 Å². The van der Waals surface area contributed by atoms with Crippen molar-refractivity contribution < 1.29 is 14.7 Å². The first-order valence-electron chi connectivity index (χ1n) is 6.39. The first-order chi connectivity index (χ1) is 9.06. The van der Waals surface area contributed by atoms with Crippen molar-refractivity contribution in [2.24, 2.45) is 5.73 Å². The Bertz CT molecular complexity index is 458. The third-order valence-corrected chi connectivity index (χ3v) is 2.95. The first-order valence-corrected chi connectivity index (χ1v) is 6.39. The highest BCUT2D eigenvalue weighted by Crippen LogP contribution is 2.19. The number of carboxylic acids is 1. The van der Waals surface area contributed by atoms with Gasteiger partial charge in [-0.05, 0) is 44.0 Å². The topological polar surface area (TPSA) is 92.4 Å². The van der Waals surface area contributed by atoms with Crippen LogP contribution in [-0.4, -0.2) is 23.5 Å². The van der Waals surface area contributed by atoms with Gasteiger partial charge >= 0.3 is 5.97 Å². The average molecular weight is 264 g/mol. The number of anilines is 1. The zero-order valence-electron chi connectivity index (χ0n) is 11.1. The number of amides is 1. The molecular weight excluding hydrogens is 244 g/mol. The van der Waals surface area contributed by atoms with Gasteiger partial charge in [0.2, 0.25) is 5.91 Å². The lowest BCUT2D eigenvalue weighted by Crippen LogP contribution is -2.13. The van der Waals surface area contributed by atoms with Crippen LogP contribution in [0.25, 0.3) is 0 Å². The summed E-state index contributed by atoms with van der Waals surface area (Å²) < 4.78 is 0. The lowest BCUT2D eigenvalue weighted by molar-refractivity contribution is -0.116. The summed E-state index contributed by atoms with van der Waals surface area (Å²) in [6.45, 7) is 2.33. The van der Waals surface area contributed by atoms with Crippen LogP contribution in [0.15, 0.2) is 18.2 Å². The van der Waals surface area contributed by atoms with Crippen molar-refractivity contribution >= 4 is 17.6 Å². The van der Waals surface area contributed by atoms with Crippen LogP contribution in [0.2, 0.25) is 0 Å². The summed E-state index contributed by atoms with van der Waals surface area (Å²) in [4.78, 5) is 22.7. The molecule has 0 saturated heterocycles. The highest BCUT2D eigenvalue weighted by Gasteiger charge is 2.11. The number of benzene rings is 1. The second kappa shape index (κ2) is 7.53. The summed E-state index contributed by atoms with van der Waals surface area (Å²) in [5.41, 5.74) is 6.72. The summed E-state index contributed by atoms with van der Waals surface area (Å²) in [7, 11) is 0. The molecule has 104 valence electrons. The van der Waals surface area contributed by atoms with Gasteiger partial charge in [-0.2, -0.15) is 0 Å². The minimum atomic E-state index is -0.989. The van der Waals surface area contributed by atoms with E-state index in [-0.39, 0.29) is 11.5 Å². The zero-order chi connectivity index (χ0) is 14.3. The molecule has 1 rings (SSSR count). The molecule has 0 heterocycles. The third-order valence-electron chi connectivity index (χ3n) is 2.95. The van der Waals surface area contributed by atoms with E-state index in [2.05, 4.69) is 5.32 Å². The van der Waals surface area contributed by atoms with Gasteiger partial charge in [-0.25, -0.2) is 4.79 Å². The summed E-state index contributed by atoms with van der Waals surface area (Å²) in [6, 6.07) is 4.86. The lowest BCUT2D eigenvalue weighted by atomic mass is 10.1. The largest absolute Gasteiger partial charge is 0.478 e. The molecule has 5 nitrogen and oxygen atoms in total. The van der Waals surface area contributed by atoms with E-state index in [1.54, 1.807) is 19.1 Å². The van der Waals surface area contributed by atoms with Gasteiger partial charge in [0, 0.05) is 12.1 Å². The summed E-state index contributed by atoms with van der Waals surface area (Å²) in [5.74, 6) is -1.08. The van der Waals surface area contributed by atoms with E-state index >= 15 is 0 Å². The van der Waals surface area contributed by atoms with Gasteiger partial charge in [0.1, 0.15) is 0 Å². The molecule has 1 aromatic rings. The van der Waals surface area contributed by atoms with Gasteiger partial charge < -0.3 is 16.2 Å². The maximum absolute atomic E-state index is 11.7. The van der Waals surface area contributed by atoms with Crippen LogP contribution in [0.4, 0.5) is 5.69 Å². The minimum absolute atomic E-state index is 0.0948. The van der Waals surface area contributed by atoms with Gasteiger partial charge in [0.15, 0.2) is 0 Å². The molecule has 0 fully saturated rings. The number of carbonyl (C=O) groups is 2. The number of rotatable bonds is 7. The molecule has 0 spiro atoms. The van der Waals surface area contributed by atoms with Crippen LogP contribution in [0, 0.1) is 6.92 Å². The van der Waals surface area contributed by atoms with E-state index in [0.29, 0.717) is 24.2 Å². The Hall–Kier alpha value is -1.88. The zero-order valence-corrected chi connectivity index (χ0v) is 11.1. The molecule has 0 aliphatic rings. The molecule has 19 heavy (non-hydrogen) atoms. The second-order valence-corrected chi connectivity index (χ2v) is 4.43. The molecule has 0 unspecified atom stereocenters. The predicted octanol–water partition coefficient (Wildman–Crippen LogP) is 2.15. The molecule has 5 heteroatoms. The number of carboxylic acid groups (broad SMARTS) is 1. The van der Waals surface area contributed by atoms with Crippen LogP contribution in [0.1, 0.15) is 41.6 Å². The summed E-state index contributed by atoms with van der Waals surface area (Å²) >= 11 is 0. The van der Waals surface area contributed by atoms with Gasteiger partial charge in [-0.15, -0.1) is 0 Å². The van der Waals surface area contributed by atoms with Crippen molar-refractivity contribution in [2.75, 3.05) is 11.9 Å². The fourth-order valence-electron chi connectivity index (χ4n) is 1.82. The lowest BCUT2D eigenvalue weighted by Gasteiger charge is -2.10. The maximum Gasteiger partial charge on any atom is 0.336 e. The molecule has 0 aliphatic heterocycles. The quantitative estimate of drug-likeness (QED) is 0.658. The van der Waals surface area contributed by atoms with Crippen LogP contribution in [0.3, 0.4) is 0 Å². The van der Waals surface area contributed by atoms with Crippen molar-refractivity contribution in [3.8, 4) is 0 Å². The van der Waals surface area contributed by atoms with E-state index in [9.17, 15) is 9.59 Å². The molecule has 0 bridgehead atoms. The summed E-state index contributed by atoms with van der Waals surface area (Å²) in [6.07, 6.45) is 3.07. The third kappa shape index (κ3) is 4.71. The first kappa shape index (κ1) is 15.2. The van der Waals surface area contributed by atoms with Crippen molar-refractivity contribution in [3.63, 3.8) is 0 Å². The van der Waals surface area contributed by atoms with E-state index in [1.807, 2.05) is 0 Å². The fourth-order valence-corrected chi connectivity index (χ4v) is 1.82. The van der Waals surface area contributed by atoms with E-state index < -0.39 is 5.97 Å². The standard InChI is InChI=1S/C14H20N2O3/c1-10-11(14(18)19)6-5-7-12(10)16-13(17)8-3-2-4-9-15/h5-7H,2-4,8-9,15H2,1H3,(H,16,17)(H,18,19). The van der Waals surface area contributed by atoms with Gasteiger partial charge in [0.25, 0.3) is 0 Å². The number of nitrogens with two attached hydrogens (primary N) is 1. The fraction of sp³-hybridized carbons (Fsp3) is 0.429. The normalized spacial score (nSPS) is 10.2. The number of hydrogen-bond donors (Lipinski definition) is 3. The van der Waals surface area contributed by atoms with Gasteiger partial charge in [-0.1, -0.05) is 12.5 Å². The summed E-state index contributed by atoms with van der Waals surface area (Å²) in [5, 5.41) is 11.7. The average Bonchev–Trinajstić information content (AvgIpc) is 2.37. The Labute approximate surface area is 112 Å². The molecule has 0 aliphatic carbocycles.